The largest absolute Gasteiger partial charge is 0.493 e. The van der Waals surface area contributed by atoms with Gasteiger partial charge < -0.3 is 14.4 Å². The number of allylic oxidation sites excluding steroid dienone is 1. The summed E-state index contributed by atoms with van der Waals surface area (Å²) in [7, 11) is 5.71. The molecule has 94 valence electrons. The van der Waals surface area contributed by atoms with Crippen LogP contribution in [-0.2, 0) is 0 Å². The summed E-state index contributed by atoms with van der Waals surface area (Å²) < 4.78 is 11.0. The lowest BCUT2D eigenvalue weighted by Crippen LogP contribution is -2.19. The summed E-state index contributed by atoms with van der Waals surface area (Å²) in [4.78, 5) is 2.08. The molecule has 0 N–H and O–H groups in total. The van der Waals surface area contributed by atoms with E-state index in [9.17, 15) is 0 Å². The number of rotatable bonds is 6. The Bertz CT molecular complexity index is 372. The van der Waals surface area contributed by atoms with Crippen LogP contribution in [0.25, 0.3) is 6.08 Å². The molecule has 1 aromatic carbocycles. The molecule has 0 fully saturated rings. The van der Waals surface area contributed by atoms with Crippen LogP contribution in [0.4, 0.5) is 0 Å². The van der Waals surface area contributed by atoms with E-state index in [1.807, 2.05) is 51.4 Å². The van der Waals surface area contributed by atoms with E-state index in [1.165, 1.54) is 0 Å². The highest BCUT2D eigenvalue weighted by Gasteiger charge is 2.04. The van der Waals surface area contributed by atoms with Crippen LogP contribution in [0.2, 0.25) is 0 Å². The highest BCUT2D eigenvalue weighted by Crippen LogP contribution is 2.28. The first-order chi connectivity index (χ1) is 8.17. The van der Waals surface area contributed by atoms with Gasteiger partial charge in [0.15, 0.2) is 11.5 Å². The molecule has 0 unspecified atom stereocenters. The van der Waals surface area contributed by atoms with Crippen molar-refractivity contribution < 1.29 is 9.47 Å². The van der Waals surface area contributed by atoms with E-state index in [1.54, 1.807) is 7.11 Å². The van der Waals surface area contributed by atoms with Crippen LogP contribution in [0, 0.1) is 0 Å². The fourth-order valence-corrected chi connectivity index (χ4v) is 1.44. The van der Waals surface area contributed by atoms with E-state index in [2.05, 4.69) is 4.90 Å². The van der Waals surface area contributed by atoms with E-state index in [0.717, 1.165) is 23.6 Å². The number of hydrogen-bond donors (Lipinski definition) is 0. The van der Waals surface area contributed by atoms with Gasteiger partial charge in [-0.25, -0.2) is 0 Å². The quantitative estimate of drug-likeness (QED) is 0.756. The van der Waals surface area contributed by atoms with Crippen molar-refractivity contribution in [3.63, 3.8) is 0 Å². The Hall–Kier alpha value is -1.48. The summed E-state index contributed by atoms with van der Waals surface area (Å²) in [6.07, 6.45) is 4.04. The zero-order valence-corrected chi connectivity index (χ0v) is 11.1. The smallest absolute Gasteiger partial charge is 0.161 e. The Morgan fingerprint density at radius 1 is 1.24 bits per heavy atom. The molecule has 0 saturated carbocycles. The van der Waals surface area contributed by atoms with Gasteiger partial charge in [-0.3, -0.25) is 0 Å². The maximum absolute atomic E-state index is 5.68. The van der Waals surface area contributed by atoms with Crippen molar-refractivity contribution >= 4 is 6.08 Å². The van der Waals surface area contributed by atoms with Gasteiger partial charge in [0.2, 0.25) is 0 Å². The maximum atomic E-state index is 5.68. The van der Waals surface area contributed by atoms with Crippen LogP contribution in [-0.4, -0.2) is 39.3 Å². The fourth-order valence-electron chi connectivity index (χ4n) is 1.44. The lowest BCUT2D eigenvalue weighted by atomic mass is 10.2. The molecule has 0 saturated heterocycles. The van der Waals surface area contributed by atoms with E-state index in [-0.39, 0.29) is 0 Å². The summed E-state index contributed by atoms with van der Waals surface area (Å²) >= 11 is 0. The van der Waals surface area contributed by atoms with Gasteiger partial charge in [-0.15, -0.1) is 0 Å². The molecule has 0 radical (unpaired) electrons. The predicted molar refractivity (Wildman–Crippen MR) is 71.8 cm³/mol. The van der Waals surface area contributed by atoms with Crippen molar-refractivity contribution in [1.82, 2.24) is 4.90 Å². The first-order valence-electron chi connectivity index (χ1n) is 5.75. The van der Waals surface area contributed by atoms with E-state index in [4.69, 9.17) is 9.47 Å². The monoisotopic (exact) mass is 235 g/mol. The lowest BCUT2D eigenvalue weighted by Gasteiger charge is -2.13. The molecule has 0 aliphatic heterocycles. The minimum absolute atomic E-state index is 0.659. The van der Waals surface area contributed by atoms with Crippen LogP contribution in [0.1, 0.15) is 12.5 Å². The van der Waals surface area contributed by atoms with Gasteiger partial charge in [0, 0.05) is 6.54 Å². The number of benzene rings is 1. The molecule has 0 aliphatic rings. The van der Waals surface area contributed by atoms with Gasteiger partial charge in [0.1, 0.15) is 6.61 Å². The molecule has 0 atom stereocenters. The Morgan fingerprint density at radius 2 is 2.00 bits per heavy atom. The third-order valence-corrected chi connectivity index (χ3v) is 2.34. The van der Waals surface area contributed by atoms with Gasteiger partial charge in [-0.2, -0.15) is 0 Å². The molecular weight excluding hydrogens is 214 g/mol. The van der Waals surface area contributed by atoms with Crippen LogP contribution in [0.5, 0.6) is 11.5 Å². The van der Waals surface area contributed by atoms with Gasteiger partial charge in [0.05, 0.1) is 7.11 Å². The first kappa shape index (κ1) is 13.6. The molecule has 0 aromatic heterocycles. The Labute approximate surface area is 104 Å². The van der Waals surface area contributed by atoms with Crippen LogP contribution >= 0.6 is 0 Å². The topological polar surface area (TPSA) is 21.7 Å². The highest BCUT2D eigenvalue weighted by molar-refractivity contribution is 5.55. The Kier molecular flexibility index (Phi) is 5.57. The summed E-state index contributed by atoms with van der Waals surface area (Å²) in [5, 5.41) is 0. The number of likely N-dealkylation sites (N-methyl/N-ethyl adjacent to an activating group) is 1. The van der Waals surface area contributed by atoms with E-state index in [0.29, 0.717) is 6.61 Å². The van der Waals surface area contributed by atoms with E-state index >= 15 is 0 Å². The highest BCUT2D eigenvalue weighted by atomic mass is 16.5. The molecule has 1 aromatic rings. The van der Waals surface area contributed by atoms with Crippen molar-refractivity contribution in [3.05, 3.63) is 29.8 Å². The molecule has 0 bridgehead atoms. The summed E-state index contributed by atoms with van der Waals surface area (Å²) in [6, 6.07) is 5.95. The second-order valence-electron chi connectivity index (χ2n) is 4.06. The predicted octanol–water partition coefficient (Wildman–Crippen LogP) is 2.67. The minimum atomic E-state index is 0.659. The number of hydrogen-bond acceptors (Lipinski definition) is 3. The SMILES string of the molecule is CC=Cc1ccc(OCCN(C)C)c(OC)c1. The van der Waals surface area contributed by atoms with Gasteiger partial charge in [-0.1, -0.05) is 18.2 Å². The summed E-state index contributed by atoms with van der Waals surface area (Å²) in [6.45, 7) is 3.54. The molecule has 0 aliphatic carbocycles. The van der Waals surface area contributed by atoms with Crippen molar-refractivity contribution in [2.75, 3.05) is 34.4 Å². The molecular formula is C14H21NO2. The molecule has 3 heteroatoms. The zero-order valence-electron chi connectivity index (χ0n) is 11.1. The summed E-state index contributed by atoms with van der Waals surface area (Å²) in [5.74, 6) is 1.57. The molecule has 0 amide bonds. The second kappa shape index (κ2) is 6.97. The fraction of sp³-hybridized carbons (Fsp3) is 0.429. The molecule has 0 heterocycles. The average molecular weight is 235 g/mol. The lowest BCUT2D eigenvalue weighted by molar-refractivity contribution is 0.250. The molecule has 1 rings (SSSR count). The van der Waals surface area contributed by atoms with E-state index < -0.39 is 0 Å². The summed E-state index contributed by atoms with van der Waals surface area (Å²) in [5.41, 5.74) is 1.12. The van der Waals surface area contributed by atoms with Crippen LogP contribution < -0.4 is 9.47 Å². The first-order valence-corrected chi connectivity index (χ1v) is 5.75. The average Bonchev–Trinajstić information content (AvgIpc) is 2.30. The minimum Gasteiger partial charge on any atom is -0.493 e. The second-order valence-corrected chi connectivity index (χ2v) is 4.06. The molecule has 3 nitrogen and oxygen atoms in total. The third-order valence-electron chi connectivity index (χ3n) is 2.34. The standard InChI is InChI=1S/C14H21NO2/c1-5-6-12-7-8-13(14(11-12)16-4)17-10-9-15(2)3/h5-8,11H,9-10H2,1-4H3. The van der Waals surface area contributed by atoms with Crippen molar-refractivity contribution in [1.29, 1.82) is 0 Å². The normalized spacial score (nSPS) is 11.1. The van der Waals surface area contributed by atoms with Crippen molar-refractivity contribution in [3.8, 4) is 11.5 Å². The van der Waals surface area contributed by atoms with Crippen LogP contribution in [0.3, 0.4) is 0 Å². The third kappa shape index (κ3) is 4.49. The van der Waals surface area contributed by atoms with Crippen molar-refractivity contribution in [2.45, 2.75) is 6.92 Å². The molecule has 0 spiro atoms. The van der Waals surface area contributed by atoms with Gasteiger partial charge in [0.25, 0.3) is 0 Å². The number of nitrogens with zero attached hydrogens (tertiary/aromatic N) is 1. The zero-order chi connectivity index (χ0) is 12.7. The number of methoxy groups -OCH3 is 1. The number of ether oxygens (including phenoxy) is 2. The van der Waals surface area contributed by atoms with Crippen molar-refractivity contribution in [2.24, 2.45) is 0 Å². The van der Waals surface area contributed by atoms with Gasteiger partial charge >= 0.3 is 0 Å². The van der Waals surface area contributed by atoms with Crippen LogP contribution in [0.15, 0.2) is 24.3 Å². The maximum Gasteiger partial charge on any atom is 0.161 e. The Morgan fingerprint density at radius 3 is 2.59 bits per heavy atom. The van der Waals surface area contributed by atoms with Gasteiger partial charge in [-0.05, 0) is 38.7 Å². The Balaban J connectivity index is 2.71. The molecule has 17 heavy (non-hydrogen) atoms.